The first-order valence-corrected chi connectivity index (χ1v) is 9.50. The first-order valence-electron chi connectivity index (χ1n) is 9.50. The number of likely N-dealkylation sites (tertiary alicyclic amines) is 1. The summed E-state index contributed by atoms with van der Waals surface area (Å²) in [6.07, 6.45) is 4.77. The van der Waals surface area contributed by atoms with E-state index in [1.54, 1.807) is 14.2 Å². The summed E-state index contributed by atoms with van der Waals surface area (Å²) >= 11 is 0. The van der Waals surface area contributed by atoms with Gasteiger partial charge in [-0.3, -0.25) is 0 Å². The lowest BCUT2D eigenvalue weighted by Crippen LogP contribution is -2.44. The predicted octanol–water partition coefficient (Wildman–Crippen LogP) is 2.31. The van der Waals surface area contributed by atoms with Crippen LogP contribution in [0.15, 0.2) is 12.1 Å². The largest absolute Gasteiger partial charge is 0.493 e. The zero-order valence-electron chi connectivity index (χ0n) is 16.2. The van der Waals surface area contributed by atoms with Crippen molar-refractivity contribution in [1.29, 1.82) is 0 Å². The molecule has 1 fully saturated rings. The summed E-state index contributed by atoms with van der Waals surface area (Å²) in [4.78, 5) is 4.96. The van der Waals surface area contributed by atoms with Crippen molar-refractivity contribution in [1.82, 2.24) is 15.1 Å². The smallest absolute Gasteiger partial charge is 0.164 e. The van der Waals surface area contributed by atoms with Crippen molar-refractivity contribution in [3.8, 4) is 11.5 Å². The van der Waals surface area contributed by atoms with Gasteiger partial charge in [0.05, 0.1) is 14.2 Å². The molecule has 1 heterocycles. The maximum atomic E-state index is 5.59. The molecule has 0 amide bonds. The number of benzene rings is 1. The normalized spacial score (nSPS) is 21.6. The Morgan fingerprint density at radius 2 is 1.88 bits per heavy atom. The molecule has 5 heteroatoms. The van der Waals surface area contributed by atoms with E-state index in [0.717, 1.165) is 43.5 Å². The van der Waals surface area contributed by atoms with E-state index < -0.39 is 0 Å². The number of nitrogens with zero attached hydrogens (tertiary/aromatic N) is 2. The Balaban J connectivity index is 1.50. The second-order valence-corrected chi connectivity index (χ2v) is 7.45. The van der Waals surface area contributed by atoms with Crippen LogP contribution in [0.2, 0.25) is 0 Å². The van der Waals surface area contributed by atoms with Gasteiger partial charge in [-0.05, 0) is 64.5 Å². The highest BCUT2D eigenvalue weighted by atomic mass is 16.5. The molecule has 0 unspecified atom stereocenters. The Hall–Kier alpha value is -1.30. The van der Waals surface area contributed by atoms with Crippen molar-refractivity contribution in [2.24, 2.45) is 0 Å². The Labute approximate surface area is 152 Å². The van der Waals surface area contributed by atoms with Crippen LogP contribution in [0, 0.1) is 0 Å². The molecule has 0 bridgehead atoms. The summed E-state index contributed by atoms with van der Waals surface area (Å²) in [7, 11) is 7.83. The van der Waals surface area contributed by atoms with Gasteiger partial charge in [0.2, 0.25) is 0 Å². The average molecular weight is 348 g/mol. The summed E-state index contributed by atoms with van der Waals surface area (Å²) in [5, 5.41) is 3.76. The van der Waals surface area contributed by atoms with Crippen molar-refractivity contribution in [3.63, 3.8) is 0 Å². The Bertz CT molecular complexity index is 568. The number of ether oxygens (including phenoxy) is 2. The van der Waals surface area contributed by atoms with E-state index in [1.807, 2.05) is 6.07 Å². The van der Waals surface area contributed by atoms with Gasteiger partial charge in [0.25, 0.3) is 0 Å². The Morgan fingerprint density at radius 1 is 1.12 bits per heavy atom. The third kappa shape index (κ3) is 4.10. The van der Waals surface area contributed by atoms with Gasteiger partial charge in [-0.15, -0.1) is 0 Å². The van der Waals surface area contributed by atoms with Gasteiger partial charge in [-0.2, -0.15) is 0 Å². The summed E-state index contributed by atoms with van der Waals surface area (Å²) in [6, 6.07) is 5.43. The van der Waals surface area contributed by atoms with Crippen molar-refractivity contribution >= 4 is 0 Å². The molecule has 3 rings (SSSR count). The van der Waals surface area contributed by atoms with Crippen LogP contribution in [0.1, 0.15) is 36.4 Å². The lowest BCUT2D eigenvalue weighted by Gasteiger charge is -2.35. The first kappa shape index (κ1) is 18.5. The molecule has 25 heavy (non-hydrogen) atoms. The molecule has 1 N–H and O–H groups in total. The molecule has 1 aromatic rings. The number of hydrogen-bond donors (Lipinski definition) is 1. The fraction of sp³-hybridized carbons (Fsp3) is 0.700. The maximum absolute atomic E-state index is 5.59. The molecule has 1 saturated heterocycles. The highest BCUT2D eigenvalue weighted by molar-refractivity contribution is 5.53. The molecule has 5 nitrogen and oxygen atoms in total. The van der Waals surface area contributed by atoms with Crippen LogP contribution in [-0.4, -0.2) is 70.3 Å². The quantitative estimate of drug-likeness (QED) is 0.819. The fourth-order valence-corrected chi connectivity index (χ4v) is 4.30. The van der Waals surface area contributed by atoms with E-state index in [-0.39, 0.29) is 0 Å². The third-order valence-corrected chi connectivity index (χ3v) is 5.85. The minimum Gasteiger partial charge on any atom is -0.493 e. The second-order valence-electron chi connectivity index (χ2n) is 7.45. The standard InChI is InChI=1S/C20H33N3O2/c1-22(2)15-9-12-23(13-10-15)14-11-21-18-7-5-17-16(18)6-8-19(24-3)20(17)25-4/h6,8,15,18,21H,5,7,9-14H2,1-4H3/t18-/m0/s1. The zero-order chi connectivity index (χ0) is 17.8. The number of methoxy groups -OCH3 is 2. The molecule has 1 atom stereocenters. The molecule has 140 valence electrons. The van der Waals surface area contributed by atoms with Crippen LogP contribution in [0.5, 0.6) is 11.5 Å². The Morgan fingerprint density at radius 3 is 2.52 bits per heavy atom. The topological polar surface area (TPSA) is 37.0 Å². The van der Waals surface area contributed by atoms with Crippen LogP contribution in [0.4, 0.5) is 0 Å². The SMILES string of the molecule is COc1ccc2c(c1OC)CC[C@@H]2NCCN1CCC(N(C)C)CC1. The van der Waals surface area contributed by atoms with Crippen molar-refractivity contribution < 1.29 is 9.47 Å². The predicted molar refractivity (Wildman–Crippen MR) is 102 cm³/mol. The van der Waals surface area contributed by atoms with Crippen LogP contribution < -0.4 is 14.8 Å². The summed E-state index contributed by atoms with van der Waals surface area (Å²) in [5.41, 5.74) is 2.69. The van der Waals surface area contributed by atoms with Crippen molar-refractivity contribution in [2.75, 3.05) is 54.5 Å². The van der Waals surface area contributed by atoms with Gasteiger partial charge in [-0.25, -0.2) is 0 Å². The first-order chi connectivity index (χ1) is 12.1. The Kier molecular flexibility index (Phi) is 6.20. The van der Waals surface area contributed by atoms with Crippen molar-refractivity contribution in [2.45, 2.75) is 37.8 Å². The molecule has 0 spiro atoms. The molecule has 1 aromatic carbocycles. The molecular formula is C20H33N3O2. The minimum atomic E-state index is 0.439. The van der Waals surface area contributed by atoms with Gasteiger partial charge < -0.3 is 24.6 Å². The fourth-order valence-electron chi connectivity index (χ4n) is 4.30. The minimum absolute atomic E-state index is 0.439. The van der Waals surface area contributed by atoms with E-state index in [1.165, 1.54) is 37.1 Å². The van der Waals surface area contributed by atoms with Gasteiger partial charge in [0.1, 0.15) is 0 Å². The summed E-state index contributed by atoms with van der Waals surface area (Å²) < 4.78 is 11.0. The van der Waals surface area contributed by atoms with Crippen LogP contribution in [0.3, 0.4) is 0 Å². The lowest BCUT2D eigenvalue weighted by molar-refractivity contribution is 0.144. The second kappa shape index (κ2) is 8.39. The van der Waals surface area contributed by atoms with E-state index in [0.29, 0.717) is 6.04 Å². The molecule has 0 radical (unpaired) electrons. The highest BCUT2D eigenvalue weighted by Gasteiger charge is 2.27. The number of piperidine rings is 1. The van der Waals surface area contributed by atoms with Crippen LogP contribution in [0.25, 0.3) is 0 Å². The molecular weight excluding hydrogens is 314 g/mol. The number of hydrogen-bond acceptors (Lipinski definition) is 5. The van der Waals surface area contributed by atoms with Gasteiger partial charge in [0, 0.05) is 30.7 Å². The van der Waals surface area contributed by atoms with Crippen LogP contribution >= 0.6 is 0 Å². The van der Waals surface area contributed by atoms with E-state index >= 15 is 0 Å². The lowest BCUT2D eigenvalue weighted by atomic mass is 10.0. The van der Waals surface area contributed by atoms with Crippen molar-refractivity contribution in [3.05, 3.63) is 23.3 Å². The number of nitrogens with one attached hydrogen (secondary N) is 1. The maximum Gasteiger partial charge on any atom is 0.164 e. The van der Waals surface area contributed by atoms with Crippen LogP contribution in [-0.2, 0) is 6.42 Å². The third-order valence-electron chi connectivity index (χ3n) is 5.85. The van der Waals surface area contributed by atoms with E-state index in [4.69, 9.17) is 9.47 Å². The average Bonchev–Trinajstić information content (AvgIpc) is 3.04. The molecule has 0 saturated carbocycles. The number of rotatable bonds is 7. The van der Waals surface area contributed by atoms with E-state index in [2.05, 4.69) is 35.3 Å². The molecule has 1 aliphatic heterocycles. The highest BCUT2D eigenvalue weighted by Crippen LogP contribution is 2.42. The molecule has 2 aliphatic rings. The van der Waals surface area contributed by atoms with Gasteiger partial charge in [-0.1, -0.05) is 6.07 Å². The molecule has 0 aromatic heterocycles. The number of fused-ring (bicyclic) bond motifs is 1. The monoisotopic (exact) mass is 347 g/mol. The summed E-state index contributed by atoms with van der Waals surface area (Å²) in [5.74, 6) is 1.75. The van der Waals surface area contributed by atoms with Gasteiger partial charge >= 0.3 is 0 Å². The summed E-state index contributed by atoms with van der Waals surface area (Å²) in [6.45, 7) is 4.62. The zero-order valence-corrected chi connectivity index (χ0v) is 16.2. The van der Waals surface area contributed by atoms with E-state index in [9.17, 15) is 0 Å². The molecule has 1 aliphatic carbocycles. The van der Waals surface area contributed by atoms with Gasteiger partial charge in [0.15, 0.2) is 11.5 Å².